The van der Waals surface area contributed by atoms with Crippen LogP contribution in [0.25, 0.3) is 11.3 Å². The first-order valence-corrected chi connectivity index (χ1v) is 9.85. The Morgan fingerprint density at radius 1 is 1.13 bits per heavy atom. The fourth-order valence-corrected chi connectivity index (χ4v) is 3.00. The molecule has 6 nitrogen and oxygen atoms in total. The lowest BCUT2D eigenvalue weighted by molar-refractivity contribution is -0.121. The highest BCUT2D eigenvalue weighted by molar-refractivity contribution is 5.76. The topological polar surface area (TPSA) is 73.6 Å². The number of nitrogens with zero attached hydrogens (tertiary/aromatic N) is 1. The molecule has 0 atom stereocenters. The predicted molar refractivity (Wildman–Crippen MR) is 111 cm³/mol. The molecule has 1 N–H and O–H groups in total. The van der Waals surface area contributed by atoms with Crippen molar-refractivity contribution in [2.75, 3.05) is 13.7 Å². The maximum absolute atomic E-state index is 12.5. The summed E-state index contributed by atoms with van der Waals surface area (Å²) in [5.41, 5.74) is 2.84. The van der Waals surface area contributed by atoms with Gasteiger partial charge in [-0.1, -0.05) is 35.9 Å². The van der Waals surface area contributed by atoms with Crippen LogP contribution in [0, 0.1) is 6.92 Å². The van der Waals surface area contributed by atoms with E-state index in [9.17, 15) is 13.6 Å². The molecule has 2 aromatic carbocycles. The van der Waals surface area contributed by atoms with E-state index in [1.165, 1.54) is 13.2 Å². The summed E-state index contributed by atoms with van der Waals surface area (Å²) in [7, 11) is 1.38. The summed E-state index contributed by atoms with van der Waals surface area (Å²) in [6.07, 6.45) is 2.73. The lowest BCUT2D eigenvalue weighted by atomic mass is 10.1. The number of carbonyl (C=O) groups excluding carboxylic acids is 1. The van der Waals surface area contributed by atoms with Gasteiger partial charge in [0.15, 0.2) is 23.1 Å². The zero-order chi connectivity index (χ0) is 22.2. The molecular formula is C23H24F2N2O4. The molecule has 8 heteroatoms. The van der Waals surface area contributed by atoms with E-state index in [1.807, 2.05) is 31.2 Å². The highest BCUT2D eigenvalue weighted by atomic mass is 19.3. The number of alkyl halides is 2. The van der Waals surface area contributed by atoms with Gasteiger partial charge in [0.1, 0.15) is 0 Å². The molecule has 1 amide bonds. The zero-order valence-corrected chi connectivity index (χ0v) is 17.4. The van der Waals surface area contributed by atoms with Crippen molar-refractivity contribution >= 4 is 5.91 Å². The van der Waals surface area contributed by atoms with E-state index in [4.69, 9.17) is 9.15 Å². The lowest BCUT2D eigenvalue weighted by Crippen LogP contribution is -2.25. The number of hydrogen-bond acceptors (Lipinski definition) is 5. The number of ether oxygens (including phenoxy) is 2. The van der Waals surface area contributed by atoms with Crippen molar-refractivity contribution in [1.29, 1.82) is 0 Å². The second-order valence-corrected chi connectivity index (χ2v) is 6.95. The highest BCUT2D eigenvalue weighted by Crippen LogP contribution is 2.29. The first-order chi connectivity index (χ1) is 14.9. The number of amides is 1. The third kappa shape index (κ3) is 6.53. The molecule has 0 saturated carbocycles. The second kappa shape index (κ2) is 10.6. The van der Waals surface area contributed by atoms with E-state index in [-0.39, 0.29) is 23.8 Å². The van der Waals surface area contributed by atoms with Crippen molar-refractivity contribution in [3.05, 3.63) is 65.7 Å². The molecule has 164 valence electrons. The van der Waals surface area contributed by atoms with Crippen molar-refractivity contribution in [2.24, 2.45) is 0 Å². The third-order valence-electron chi connectivity index (χ3n) is 4.64. The molecule has 0 fully saturated rings. The van der Waals surface area contributed by atoms with Crippen LogP contribution >= 0.6 is 0 Å². The first-order valence-electron chi connectivity index (χ1n) is 9.85. The SMILES string of the molecule is COc1ccc(CCNC(=O)CCc2ncc(-c3ccc(C)cc3)o2)cc1OC(F)F. The molecule has 0 aliphatic carbocycles. The van der Waals surface area contributed by atoms with Crippen LogP contribution < -0.4 is 14.8 Å². The first kappa shape index (κ1) is 22.3. The Morgan fingerprint density at radius 3 is 2.61 bits per heavy atom. The number of nitrogens with one attached hydrogen (secondary N) is 1. The van der Waals surface area contributed by atoms with E-state index >= 15 is 0 Å². The summed E-state index contributed by atoms with van der Waals surface area (Å²) >= 11 is 0. The Morgan fingerprint density at radius 2 is 1.90 bits per heavy atom. The van der Waals surface area contributed by atoms with E-state index in [0.717, 1.165) is 16.7 Å². The van der Waals surface area contributed by atoms with Crippen LogP contribution in [0.15, 0.2) is 53.1 Å². The molecule has 1 aromatic heterocycles. The number of hydrogen-bond donors (Lipinski definition) is 1. The van der Waals surface area contributed by atoms with Crippen molar-refractivity contribution < 1.29 is 27.5 Å². The number of aromatic nitrogens is 1. The minimum Gasteiger partial charge on any atom is -0.493 e. The standard InChI is InChI=1S/C23H24F2N2O4/c1-15-3-6-17(7-4-15)20-14-27-22(30-20)10-9-21(28)26-12-11-16-5-8-18(29-2)19(13-16)31-23(24)25/h3-8,13-14,23H,9-12H2,1-2H3,(H,26,28). The fraction of sp³-hybridized carbons (Fsp3) is 0.304. The van der Waals surface area contributed by atoms with Gasteiger partial charge in [0.25, 0.3) is 0 Å². The number of halogens is 2. The normalized spacial score (nSPS) is 10.9. The molecule has 1 heterocycles. The second-order valence-electron chi connectivity index (χ2n) is 6.95. The third-order valence-corrected chi connectivity index (χ3v) is 4.64. The van der Waals surface area contributed by atoms with Crippen LogP contribution in [0.4, 0.5) is 8.78 Å². The van der Waals surface area contributed by atoms with Gasteiger partial charge >= 0.3 is 6.61 Å². The Bertz CT molecular complexity index is 1000. The van der Waals surface area contributed by atoms with Crippen molar-refractivity contribution in [3.8, 4) is 22.8 Å². The number of rotatable bonds is 10. The van der Waals surface area contributed by atoms with Gasteiger partial charge in [0.2, 0.25) is 5.91 Å². The largest absolute Gasteiger partial charge is 0.493 e. The Hall–Kier alpha value is -3.42. The molecule has 0 aliphatic rings. The Labute approximate surface area is 179 Å². The van der Waals surface area contributed by atoms with E-state index in [1.54, 1.807) is 18.3 Å². The number of oxazole rings is 1. The molecule has 0 radical (unpaired) electrons. The molecular weight excluding hydrogens is 406 g/mol. The fourth-order valence-electron chi connectivity index (χ4n) is 3.00. The van der Waals surface area contributed by atoms with Gasteiger partial charge in [-0.15, -0.1) is 0 Å². The highest BCUT2D eigenvalue weighted by Gasteiger charge is 2.12. The quantitative estimate of drug-likeness (QED) is 0.511. The van der Waals surface area contributed by atoms with Crippen LogP contribution in [0.1, 0.15) is 23.4 Å². The summed E-state index contributed by atoms with van der Waals surface area (Å²) < 4.78 is 40.2. The van der Waals surface area contributed by atoms with Gasteiger partial charge < -0.3 is 19.2 Å². The van der Waals surface area contributed by atoms with Gasteiger partial charge in [0, 0.05) is 24.9 Å². The summed E-state index contributed by atoms with van der Waals surface area (Å²) in [5.74, 6) is 1.21. The minimum absolute atomic E-state index is 0.0328. The molecule has 0 bridgehead atoms. The van der Waals surface area contributed by atoms with E-state index in [0.29, 0.717) is 31.0 Å². The maximum Gasteiger partial charge on any atom is 0.387 e. The molecule has 31 heavy (non-hydrogen) atoms. The lowest BCUT2D eigenvalue weighted by Gasteiger charge is -2.11. The van der Waals surface area contributed by atoms with Crippen LogP contribution in [0.2, 0.25) is 0 Å². The molecule has 0 unspecified atom stereocenters. The van der Waals surface area contributed by atoms with Crippen LogP contribution in [0.5, 0.6) is 11.5 Å². The van der Waals surface area contributed by atoms with Crippen molar-refractivity contribution in [2.45, 2.75) is 32.8 Å². The molecule has 0 spiro atoms. The van der Waals surface area contributed by atoms with Crippen molar-refractivity contribution in [3.63, 3.8) is 0 Å². The molecule has 0 aliphatic heterocycles. The summed E-state index contributed by atoms with van der Waals surface area (Å²) in [5, 5.41) is 2.81. The zero-order valence-electron chi connectivity index (χ0n) is 17.4. The van der Waals surface area contributed by atoms with Gasteiger partial charge in [-0.05, 0) is 31.0 Å². The molecule has 3 aromatic rings. The van der Waals surface area contributed by atoms with E-state index in [2.05, 4.69) is 15.0 Å². The number of carbonyl (C=O) groups is 1. The minimum atomic E-state index is -2.94. The van der Waals surface area contributed by atoms with Gasteiger partial charge in [0.05, 0.1) is 13.3 Å². The average molecular weight is 430 g/mol. The number of aryl methyl sites for hydroxylation is 2. The maximum atomic E-state index is 12.5. The van der Waals surface area contributed by atoms with Crippen LogP contribution in [-0.2, 0) is 17.6 Å². The van der Waals surface area contributed by atoms with Gasteiger partial charge in [-0.2, -0.15) is 8.78 Å². The van der Waals surface area contributed by atoms with Gasteiger partial charge in [-0.25, -0.2) is 4.98 Å². The summed E-state index contributed by atoms with van der Waals surface area (Å²) in [6.45, 7) is -0.566. The number of benzene rings is 2. The number of methoxy groups -OCH3 is 1. The molecule has 0 saturated heterocycles. The van der Waals surface area contributed by atoms with Crippen LogP contribution in [-0.4, -0.2) is 31.2 Å². The monoisotopic (exact) mass is 430 g/mol. The Kier molecular flexibility index (Phi) is 7.59. The molecule has 3 rings (SSSR count). The summed E-state index contributed by atoms with van der Waals surface area (Å²) in [4.78, 5) is 16.3. The smallest absolute Gasteiger partial charge is 0.387 e. The summed E-state index contributed by atoms with van der Waals surface area (Å²) in [6, 6.07) is 12.7. The van der Waals surface area contributed by atoms with Crippen LogP contribution in [0.3, 0.4) is 0 Å². The predicted octanol–water partition coefficient (Wildman–Crippen LogP) is 4.55. The Balaban J connectivity index is 1.45. The average Bonchev–Trinajstić information content (AvgIpc) is 3.22. The van der Waals surface area contributed by atoms with E-state index < -0.39 is 6.61 Å². The van der Waals surface area contributed by atoms with Crippen molar-refractivity contribution in [1.82, 2.24) is 10.3 Å². The van der Waals surface area contributed by atoms with Gasteiger partial charge in [-0.3, -0.25) is 4.79 Å².